The minimum atomic E-state index is -0.595. The van der Waals surface area contributed by atoms with Crippen LogP contribution in [0.4, 0.5) is 5.69 Å². The van der Waals surface area contributed by atoms with Crippen LogP contribution in [0.15, 0.2) is 24.3 Å². The summed E-state index contributed by atoms with van der Waals surface area (Å²) in [4.78, 5) is 26.0. The number of hydrogen-bond donors (Lipinski definition) is 2. The number of aliphatic hydroxyl groups excluding tert-OH is 1. The van der Waals surface area contributed by atoms with Gasteiger partial charge >= 0.3 is 11.8 Å². The van der Waals surface area contributed by atoms with E-state index in [1.807, 2.05) is 24.3 Å². The Labute approximate surface area is 137 Å². The van der Waals surface area contributed by atoms with E-state index in [2.05, 4.69) is 19.2 Å². The van der Waals surface area contributed by atoms with Crippen molar-refractivity contribution in [3.8, 4) is 0 Å². The summed E-state index contributed by atoms with van der Waals surface area (Å²) in [6.07, 6.45) is 3.31. The smallest absolute Gasteiger partial charge is 0.313 e. The molecule has 2 amide bonds. The maximum atomic E-state index is 12.3. The van der Waals surface area contributed by atoms with E-state index < -0.39 is 11.8 Å². The van der Waals surface area contributed by atoms with Gasteiger partial charge in [-0.05, 0) is 48.8 Å². The molecule has 1 aliphatic heterocycles. The van der Waals surface area contributed by atoms with Gasteiger partial charge in [-0.1, -0.05) is 26.0 Å². The summed E-state index contributed by atoms with van der Waals surface area (Å²) in [6, 6.07) is 7.51. The van der Waals surface area contributed by atoms with E-state index in [0.29, 0.717) is 18.8 Å². The van der Waals surface area contributed by atoms with E-state index in [1.165, 1.54) is 5.56 Å². The van der Waals surface area contributed by atoms with Gasteiger partial charge in [-0.15, -0.1) is 0 Å². The van der Waals surface area contributed by atoms with Gasteiger partial charge < -0.3 is 15.3 Å². The minimum absolute atomic E-state index is 0.0940. The Kier molecular flexibility index (Phi) is 5.77. The molecule has 1 heterocycles. The lowest BCUT2D eigenvalue weighted by atomic mass is 9.77. The molecular formula is C18H26N2O3. The zero-order chi connectivity index (χ0) is 16.9. The predicted octanol–water partition coefficient (Wildman–Crippen LogP) is 2.20. The highest BCUT2D eigenvalue weighted by molar-refractivity contribution is 6.39. The quantitative estimate of drug-likeness (QED) is 0.836. The van der Waals surface area contributed by atoms with E-state index in [9.17, 15) is 14.7 Å². The molecule has 5 heteroatoms. The fraction of sp³-hybridized carbons (Fsp3) is 0.556. The standard InChI is InChI=1S/C18H26N2O3/c1-3-14-5-7-15(8-6-14)19-16(22)17(23)20-11-9-18(4-2,13-21)10-12-20/h5-8,21H,3-4,9-13H2,1-2H3,(H,19,22). The van der Waals surface area contributed by atoms with Crippen LogP contribution < -0.4 is 5.32 Å². The van der Waals surface area contributed by atoms with Crippen molar-refractivity contribution in [1.29, 1.82) is 0 Å². The zero-order valence-corrected chi connectivity index (χ0v) is 14.0. The first kappa shape index (κ1) is 17.5. The molecule has 126 valence electrons. The molecule has 1 aromatic rings. The van der Waals surface area contributed by atoms with E-state index in [4.69, 9.17) is 0 Å². The molecule has 1 saturated heterocycles. The molecule has 0 saturated carbocycles. The Hall–Kier alpha value is -1.88. The number of hydrogen-bond acceptors (Lipinski definition) is 3. The summed E-state index contributed by atoms with van der Waals surface area (Å²) in [5.41, 5.74) is 1.73. The first-order chi connectivity index (χ1) is 11.0. The number of rotatable bonds is 4. The second kappa shape index (κ2) is 7.59. The number of anilines is 1. The van der Waals surface area contributed by atoms with Crippen molar-refractivity contribution >= 4 is 17.5 Å². The van der Waals surface area contributed by atoms with Gasteiger partial charge in [0.15, 0.2) is 0 Å². The van der Waals surface area contributed by atoms with Gasteiger partial charge in [-0.3, -0.25) is 9.59 Å². The van der Waals surface area contributed by atoms with Crippen LogP contribution in [-0.4, -0.2) is 41.5 Å². The summed E-state index contributed by atoms with van der Waals surface area (Å²) in [7, 11) is 0. The van der Waals surface area contributed by atoms with Crippen LogP contribution in [0.3, 0.4) is 0 Å². The summed E-state index contributed by atoms with van der Waals surface area (Å²) in [6.45, 7) is 5.31. The van der Waals surface area contributed by atoms with Gasteiger partial charge in [0, 0.05) is 25.4 Å². The maximum absolute atomic E-state index is 12.3. The fourth-order valence-corrected chi connectivity index (χ4v) is 2.96. The molecule has 1 aliphatic rings. The van der Waals surface area contributed by atoms with Crippen LogP contribution in [0.1, 0.15) is 38.7 Å². The number of nitrogens with one attached hydrogen (secondary N) is 1. The number of amides is 2. The Morgan fingerprint density at radius 2 is 1.78 bits per heavy atom. The van der Waals surface area contributed by atoms with Crippen molar-refractivity contribution in [1.82, 2.24) is 4.90 Å². The topological polar surface area (TPSA) is 69.6 Å². The van der Waals surface area contributed by atoms with Crippen molar-refractivity contribution in [2.75, 3.05) is 25.0 Å². The number of likely N-dealkylation sites (tertiary alicyclic amines) is 1. The molecule has 2 rings (SSSR count). The summed E-state index contributed by atoms with van der Waals surface area (Å²) >= 11 is 0. The van der Waals surface area contributed by atoms with Crippen LogP contribution in [0.25, 0.3) is 0 Å². The molecule has 0 aliphatic carbocycles. The number of aryl methyl sites for hydroxylation is 1. The third-order valence-electron chi connectivity index (χ3n) is 5.01. The molecule has 0 radical (unpaired) electrons. The average Bonchev–Trinajstić information content (AvgIpc) is 2.61. The van der Waals surface area contributed by atoms with Gasteiger partial charge in [0.25, 0.3) is 0 Å². The molecule has 2 N–H and O–H groups in total. The molecule has 0 spiro atoms. The van der Waals surface area contributed by atoms with E-state index in [0.717, 1.165) is 25.7 Å². The average molecular weight is 318 g/mol. The van der Waals surface area contributed by atoms with Crippen LogP contribution in [0.2, 0.25) is 0 Å². The maximum Gasteiger partial charge on any atom is 0.313 e. The van der Waals surface area contributed by atoms with Crippen molar-refractivity contribution in [2.24, 2.45) is 5.41 Å². The second-order valence-corrected chi connectivity index (χ2v) is 6.31. The molecule has 0 bridgehead atoms. The van der Waals surface area contributed by atoms with Gasteiger partial charge in [0.2, 0.25) is 0 Å². The van der Waals surface area contributed by atoms with Gasteiger partial charge in [-0.25, -0.2) is 0 Å². The number of benzene rings is 1. The molecule has 1 aromatic carbocycles. The molecule has 0 aromatic heterocycles. The highest BCUT2D eigenvalue weighted by Gasteiger charge is 2.35. The number of nitrogens with zero attached hydrogens (tertiary/aromatic N) is 1. The molecular weight excluding hydrogens is 292 g/mol. The Bertz CT molecular complexity index is 540. The van der Waals surface area contributed by atoms with Gasteiger partial charge in [0.05, 0.1) is 0 Å². The Morgan fingerprint density at radius 1 is 1.17 bits per heavy atom. The monoisotopic (exact) mass is 318 g/mol. The van der Waals surface area contributed by atoms with Gasteiger partial charge in [-0.2, -0.15) is 0 Å². The highest BCUT2D eigenvalue weighted by Crippen LogP contribution is 2.34. The Balaban J connectivity index is 1.91. The third kappa shape index (κ3) is 4.10. The van der Waals surface area contributed by atoms with E-state index >= 15 is 0 Å². The third-order valence-corrected chi connectivity index (χ3v) is 5.01. The largest absolute Gasteiger partial charge is 0.396 e. The normalized spacial score (nSPS) is 16.9. The first-order valence-electron chi connectivity index (χ1n) is 8.33. The summed E-state index contributed by atoms with van der Waals surface area (Å²) < 4.78 is 0. The van der Waals surface area contributed by atoms with Gasteiger partial charge in [0.1, 0.15) is 0 Å². The molecule has 5 nitrogen and oxygen atoms in total. The zero-order valence-electron chi connectivity index (χ0n) is 14.0. The lowest BCUT2D eigenvalue weighted by Crippen LogP contribution is -2.48. The first-order valence-corrected chi connectivity index (χ1v) is 8.33. The SMILES string of the molecule is CCc1ccc(NC(=O)C(=O)N2CCC(CC)(CO)CC2)cc1. The summed E-state index contributed by atoms with van der Waals surface area (Å²) in [5.74, 6) is -1.09. The van der Waals surface area contributed by atoms with E-state index in [1.54, 1.807) is 4.90 Å². The lowest BCUT2D eigenvalue weighted by molar-refractivity contribution is -0.145. The van der Waals surface area contributed by atoms with Crippen LogP contribution in [0, 0.1) is 5.41 Å². The van der Waals surface area contributed by atoms with Crippen LogP contribution in [-0.2, 0) is 16.0 Å². The number of carbonyl (C=O) groups is 2. The summed E-state index contributed by atoms with van der Waals surface area (Å²) in [5, 5.41) is 12.2. The highest BCUT2D eigenvalue weighted by atomic mass is 16.3. The number of carbonyl (C=O) groups excluding carboxylic acids is 2. The van der Waals surface area contributed by atoms with Crippen molar-refractivity contribution in [3.05, 3.63) is 29.8 Å². The second-order valence-electron chi connectivity index (χ2n) is 6.31. The molecule has 0 atom stereocenters. The van der Waals surface area contributed by atoms with Crippen LogP contribution in [0.5, 0.6) is 0 Å². The minimum Gasteiger partial charge on any atom is -0.396 e. The predicted molar refractivity (Wildman–Crippen MR) is 90.1 cm³/mol. The van der Waals surface area contributed by atoms with E-state index in [-0.39, 0.29) is 12.0 Å². The lowest BCUT2D eigenvalue weighted by Gasteiger charge is -2.39. The Morgan fingerprint density at radius 3 is 2.26 bits per heavy atom. The van der Waals surface area contributed by atoms with Crippen molar-refractivity contribution in [2.45, 2.75) is 39.5 Å². The number of piperidine rings is 1. The van der Waals surface area contributed by atoms with Crippen molar-refractivity contribution < 1.29 is 14.7 Å². The van der Waals surface area contributed by atoms with Crippen LogP contribution >= 0.6 is 0 Å². The number of aliphatic hydroxyl groups is 1. The molecule has 0 unspecified atom stereocenters. The van der Waals surface area contributed by atoms with Crippen molar-refractivity contribution in [3.63, 3.8) is 0 Å². The molecule has 23 heavy (non-hydrogen) atoms. The fourth-order valence-electron chi connectivity index (χ4n) is 2.96. The molecule has 1 fully saturated rings.